The van der Waals surface area contributed by atoms with Crippen molar-refractivity contribution in [3.8, 4) is 6.07 Å². The minimum atomic E-state index is -0.533. The summed E-state index contributed by atoms with van der Waals surface area (Å²) in [6, 6.07) is 5.25. The van der Waals surface area contributed by atoms with Gasteiger partial charge in [0.1, 0.15) is 6.07 Å². The molecular formula is C16H17N5O2. The highest BCUT2D eigenvalue weighted by Gasteiger charge is 2.38. The topological polar surface area (TPSA) is 104 Å². The molecule has 0 spiro atoms. The summed E-state index contributed by atoms with van der Waals surface area (Å²) in [7, 11) is 0. The molecule has 3 rings (SSSR count). The zero-order valence-corrected chi connectivity index (χ0v) is 12.6. The van der Waals surface area contributed by atoms with Crippen LogP contribution in [0.25, 0.3) is 0 Å². The number of carbonyl (C=O) groups excluding carboxylic acids is 1. The van der Waals surface area contributed by atoms with Gasteiger partial charge in [-0.05, 0) is 25.0 Å². The van der Waals surface area contributed by atoms with Crippen molar-refractivity contribution in [2.45, 2.75) is 37.8 Å². The smallest absolute Gasteiger partial charge is 0.315 e. The van der Waals surface area contributed by atoms with Gasteiger partial charge >= 0.3 is 6.03 Å². The summed E-state index contributed by atoms with van der Waals surface area (Å²) < 4.78 is 4.98. The standard InChI is InChI=1S/C16H17N5O2/c17-9-14-18-7-3-13(20-14)16(5-1-2-6-16)21-15(22)19-10-12-4-8-23-11-12/h3-4,7-8,11H,1-2,5-6,10H2,(H2,19,21,22). The maximum atomic E-state index is 12.3. The van der Waals surface area contributed by atoms with Gasteiger partial charge in [0.25, 0.3) is 0 Å². The van der Waals surface area contributed by atoms with Gasteiger partial charge in [-0.1, -0.05) is 12.8 Å². The SMILES string of the molecule is N#Cc1nccc(C2(NC(=O)NCc3ccoc3)CCCC2)n1. The zero-order chi connectivity index (χ0) is 16.1. The summed E-state index contributed by atoms with van der Waals surface area (Å²) in [5.74, 6) is 0.120. The second-order valence-corrected chi connectivity index (χ2v) is 5.61. The molecule has 2 N–H and O–H groups in total. The van der Waals surface area contributed by atoms with E-state index in [0.29, 0.717) is 12.2 Å². The van der Waals surface area contributed by atoms with E-state index < -0.39 is 5.54 Å². The number of carbonyl (C=O) groups is 1. The first-order valence-electron chi connectivity index (χ1n) is 7.53. The lowest BCUT2D eigenvalue weighted by molar-refractivity contribution is 0.223. The quantitative estimate of drug-likeness (QED) is 0.901. The molecule has 118 valence electrons. The molecular weight excluding hydrogens is 294 g/mol. The zero-order valence-electron chi connectivity index (χ0n) is 12.6. The number of nitrogens with one attached hydrogen (secondary N) is 2. The van der Waals surface area contributed by atoms with Crippen LogP contribution in [0.3, 0.4) is 0 Å². The first-order valence-corrected chi connectivity index (χ1v) is 7.53. The van der Waals surface area contributed by atoms with E-state index in [2.05, 4.69) is 20.6 Å². The Balaban J connectivity index is 1.73. The summed E-state index contributed by atoms with van der Waals surface area (Å²) >= 11 is 0. The van der Waals surface area contributed by atoms with Crippen LogP contribution >= 0.6 is 0 Å². The van der Waals surface area contributed by atoms with Gasteiger partial charge in [-0.3, -0.25) is 0 Å². The van der Waals surface area contributed by atoms with E-state index in [4.69, 9.17) is 9.68 Å². The predicted octanol–water partition coefficient (Wildman–Crippen LogP) is 2.21. The molecule has 0 saturated heterocycles. The van der Waals surface area contributed by atoms with E-state index in [1.807, 2.05) is 6.07 Å². The normalized spacial score (nSPS) is 15.8. The fourth-order valence-corrected chi connectivity index (χ4v) is 2.94. The molecule has 1 aliphatic rings. The third-order valence-corrected chi connectivity index (χ3v) is 4.09. The van der Waals surface area contributed by atoms with E-state index in [1.165, 1.54) is 0 Å². The lowest BCUT2D eigenvalue weighted by Crippen LogP contribution is -2.48. The number of nitrogens with zero attached hydrogens (tertiary/aromatic N) is 3. The predicted molar refractivity (Wildman–Crippen MR) is 81.0 cm³/mol. The Morgan fingerprint density at radius 1 is 1.39 bits per heavy atom. The molecule has 0 radical (unpaired) electrons. The average Bonchev–Trinajstić information content (AvgIpc) is 3.25. The Bertz CT molecular complexity index is 714. The van der Waals surface area contributed by atoms with Crippen molar-refractivity contribution in [2.75, 3.05) is 0 Å². The van der Waals surface area contributed by atoms with Gasteiger partial charge in [-0.2, -0.15) is 5.26 Å². The van der Waals surface area contributed by atoms with E-state index in [0.717, 1.165) is 31.2 Å². The fourth-order valence-electron chi connectivity index (χ4n) is 2.94. The minimum absolute atomic E-state index is 0.120. The molecule has 0 aromatic carbocycles. The summed E-state index contributed by atoms with van der Waals surface area (Å²) in [5, 5.41) is 14.8. The van der Waals surface area contributed by atoms with Gasteiger partial charge in [-0.15, -0.1) is 0 Å². The lowest BCUT2D eigenvalue weighted by Gasteiger charge is -2.29. The van der Waals surface area contributed by atoms with Crippen molar-refractivity contribution in [3.05, 3.63) is 47.9 Å². The Labute approximate surface area is 133 Å². The first kappa shape index (κ1) is 15.0. The third kappa shape index (κ3) is 3.31. The molecule has 2 heterocycles. The molecule has 0 aliphatic heterocycles. The molecule has 7 heteroatoms. The van der Waals surface area contributed by atoms with Gasteiger partial charge in [0.15, 0.2) is 0 Å². The van der Waals surface area contributed by atoms with Crippen LogP contribution < -0.4 is 10.6 Å². The Morgan fingerprint density at radius 3 is 2.91 bits per heavy atom. The molecule has 0 unspecified atom stereocenters. The maximum absolute atomic E-state index is 12.3. The number of amides is 2. The van der Waals surface area contributed by atoms with Crippen molar-refractivity contribution >= 4 is 6.03 Å². The minimum Gasteiger partial charge on any atom is -0.472 e. The molecule has 7 nitrogen and oxygen atoms in total. The summed E-state index contributed by atoms with van der Waals surface area (Å²) in [5.41, 5.74) is 1.06. The third-order valence-electron chi connectivity index (χ3n) is 4.09. The van der Waals surface area contributed by atoms with Gasteiger partial charge in [0, 0.05) is 18.3 Å². The van der Waals surface area contributed by atoms with Crippen molar-refractivity contribution in [3.63, 3.8) is 0 Å². The Kier molecular flexibility index (Phi) is 4.24. The second kappa shape index (κ2) is 6.48. The molecule has 2 aromatic rings. The van der Waals surface area contributed by atoms with E-state index in [9.17, 15) is 4.79 Å². The number of urea groups is 1. The highest BCUT2D eigenvalue weighted by atomic mass is 16.3. The van der Waals surface area contributed by atoms with Crippen molar-refractivity contribution in [1.29, 1.82) is 5.26 Å². The van der Waals surface area contributed by atoms with Gasteiger partial charge in [0.05, 0.1) is 23.8 Å². The molecule has 2 amide bonds. The molecule has 1 aliphatic carbocycles. The van der Waals surface area contributed by atoms with Crippen LogP contribution in [0, 0.1) is 11.3 Å². The van der Waals surface area contributed by atoms with Gasteiger partial charge < -0.3 is 15.1 Å². The lowest BCUT2D eigenvalue weighted by atomic mass is 9.93. The molecule has 1 fully saturated rings. The van der Waals surface area contributed by atoms with E-state index in [-0.39, 0.29) is 11.9 Å². The number of hydrogen-bond acceptors (Lipinski definition) is 5. The van der Waals surface area contributed by atoms with Crippen molar-refractivity contribution in [1.82, 2.24) is 20.6 Å². The van der Waals surface area contributed by atoms with Crippen LogP contribution in [0.15, 0.2) is 35.3 Å². The largest absolute Gasteiger partial charge is 0.472 e. The molecule has 0 bridgehead atoms. The van der Waals surface area contributed by atoms with E-state index in [1.54, 1.807) is 30.9 Å². The highest BCUT2D eigenvalue weighted by molar-refractivity contribution is 5.75. The first-order chi connectivity index (χ1) is 11.2. The van der Waals surface area contributed by atoms with Crippen LogP contribution in [0.5, 0.6) is 0 Å². The average molecular weight is 311 g/mol. The van der Waals surface area contributed by atoms with Crippen molar-refractivity contribution < 1.29 is 9.21 Å². The molecule has 2 aromatic heterocycles. The fraction of sp³-hybridized carbons (Fsp3) is 0.375. The Hall–Kier alpha value is -2.88. The number of hydrogen-bond donors (Lipinski definition) is 2. The summed E-state index contributed by atoms with van der Waals surface area (Å²) in [6.45, 7) is 0.394. The summed E-state index contributed by atoms with van der Waals surface area (Å²) in [6.07, 6.45) is 8.34. The van der Waals surface area contributed by atoms with Crippen LogP contribution in [0.4, 0.5) is 4.79 Å². The van der Waals surface area contributed by atoms with Crippen LogP contribution in [-0.4, -0.2) is 16.0 Å². The Morgan fingerprint density at radius 2 is 2.22 bits per heavy atom. The molecule has 0 atom stereocenters. The van der Waals surface area contributed by atoms with E-state index >= 15 is 0 Å². The van der Waals surface area contributed by atoms with Crippen LogP contribution in [0.1, 0.15) is 42.8 Å². The van der Waals surface area contributed by atoms with Gasteiger partial charge in [0.2, 0.25) is 5.82 Å². The number of furan rings is 1. The van der Waals surface area contributed by atoms with Crippen LogP contribution in [0.2, 0.25) is 0 Å². The maximum Gasteiger partial charge on any atom is 0.315 e. The number of aromatic nitrogens is 2. The monoisotopic (exact) mass is 311 g/mol. The molecule has 23 heavy (non-hydrogen) atoms. The number of nitriles is 1. The van der Waals surface area contributed by atoms with Crippen molar-refractivity contribution in [2.24, 2.45) is 0 Å². The summed E-state index contributed by atoms with van der Waals surface area (Å²) in [4.78, 5) is 20.4. The number of rotatable bonds is 4. The highest BCUT2D eigenvalue weighted by Crippen LogP contribution is 2.37. The molecule has 1 saturated carbocycles. The second-order valence-electron chi connectivity index (χ2n) is 5.61. The van der Waals surface area contributed by atoms with Gasteiger partial charge in [-0.25, -0.2) is 14.8 Å². The van der Waals surface area contributed by atoms with Crippen LogP contribution in [-0.2, 0) is 12.1 Å².